The van der Waals surface area contributed by atoms with Crippen LogP contribution >= 0.6 is 0 Å². The predicted octanol–water partition coefficient (Wildman–Crippen LogP) is 2.30. The molecule has 0 saturated heterocycles. The number of anilines is 1. The van der Waals surface area contributed by atoms with Gasteiger partial charge in [0, 0.05) is 30.0 Å². The number of phenolic OH excluding ortho intramolecular Hbond substituents is 2. The molecule has 1 atom stereocenters. The summed E-state index contributed by atoms with van der Waals surface area (Å²) in [6.45, 7) is 0.261. The Hall–Kier alpha value is -2.89. The standard InChI is InChI=1S/C17H17NO5/c1-22-15-3-2-10-4-11(9-23-16(10)8-15)17(21)18-12-5-13(19)7-14(20)6-12/h2-3,5-8,11,19-20H,4,9H2,1H3,(H,18,21)/t11-/m0/s1. The Balaban J connectivity index is 1.71. The molecule has 23 heavy (non-hydrogen) atoms. The maximum atomic E-state index is 12.3. The lowest BCUT2D eigenvalue weighted by Crippen LogP contribution is -2.32. The number of phenols is 2. The van der Waals surface area contributed by atoms with E-state index >= 15 is 0 Å². The Morgan fingerprint density at radius 3 is 2.65 bits per heavy atom. The zero-order valence-electron chi connectivity index (χ0n) is 12.6. The average Bonchev–Trinajstić information content (AvgIpc) is 2.52. The molecule has 3 N–H and O–H groups in total. The maximum Gasteiger partial charge on any atom is 0.231 e. The van der Waals surface area contributed by atoms with E-state index in [-0.39, 0.29) is 29.9 Å². The Kier molecular flexibility index (Phi) is 3.97. The van der Waals surface area contributed by atoms with Gasteiger partial charge < -0.3 is 25.0 Å². The summed E-state index contributed by atoms with van der Waals surface area (Å²) in [6, 6.07) is 9.46. The summed E-state index contributed by atoms with van der Waals surface area (Å²) >= 11 is 0. The first-order valence-corrected chi connectivity index (χ1v) is 7.19. The summed E-state index contributed by atoms with van der Waals surface area (Å²) in [5.41, 5.74) is 1.28. The Morgan fingerprint density at radius 2 is 1.96 bits per heavy atom. The van der Waals surface area contributed by atoms with Crippen LogP contribution in [0, 0.1) is 5.92 Å². The minimum atomic E-state index is -0.347. The summed E-state index contributed by atoms with van der Waals surface area (Å²) < 4.78 is 10.8. The lowest BCUT2D eigenvalue weighted by atomic mass is 9.96. The van der Waals surface area contributed by atoms with Crippen molar-refractivity contribution in [2.45, 2.75) is 6.42 Å². The summed E-state index contributed by atoms with van der Waals surface area (Å²) in [5, 5.41) is 21.6. The topological polar surface area (TPSA) is 88.0 Å². The van der Waals surface area contributed by atoms with Crippen molar-refractivity contribution in [3.63, 3.8) is 0 Å². The maximum absolute atomic E-state index is 12.3. The van der Waals surface area contributed by atoms with E-state index in [0.717, 1.165) is 11.3 Å². The van der Waals surface area contributed by atoms with E-state index in [9.17, 15) is 15.0 Å². The predicted molar refractivity (Wildman–Crippen MR) is 84.1 cm³/mol. The fourth-order valence-corrected chi connectivity index (χ4v) is 2.56. The first-order valence-electron chi connectivity index (χ1n) is 7.19. The molecule has 0 spiro atoms. The Labute approximate surface area is 133 Å². The Morgan fingerprint density at radius 1 is 1.22 bits per heavy atom. The smallest absolute Gasteiger partial charge is 0.231 e. The van der Waals surface area contributed by atoms with Gasteiger partial charge in [-0.05, 0) is 18.1 Å². The quantitative estimate of drug-likeness (QED) is 0.809. The molecule has 2 aromatic rings. The number of nitrogens with one attached hydrogen (secondary N) is 1. The molecule has 0 fully saturated rings. The number of amides is 1. The van der Waals surface area contributed by atoms with Crippen LogP contribution in [0.2, 0.25) is 0 Å². The van der Waals surface area contributed by atoms with Crippen LogP contribution in [-0.4, -0.2) is 29.8 Å². The highest BCUT2D eigenvalue weighted by molar-refractivity contribution is 5.93. The number of fused-ring (bicyclic) bond motifs is 1. The molecule has 1 heterocycles. The summed E-state index contributed by atoms with van der Waals surface area (Å²) in [5.74, 6) is 0.636. The number of benzene rings is 2. The van der Waals surface area contributed by atoms with Crippen LogP contribution in [0.25, 0.3) is 0 Å². The largest absolute Gasteiger partial charge is 0.508 e. The summed E-state index contributed by atoms with van der Waals surface area (Å²) in [7, 11) is 1.59. The van der Waals surface area contributed by atoms with E-state index in [4.69, 9.17) is 9.47 Å². The third-order valence-electron chi connectivity index (χ3n) is 3.72. The second-order valence-electron chi connectivity index (χ2n) is 5.41. The van der Waals surface area contributed by atoms with Crippen LogP contribution in [0.3, 0.4) is 0 Å². The van der Waals surface area contributed by atoms with Gasteiger partial charge >= 0.3 is 0 Å². The highest BCUT2D eigenvalue weighted by Gasteiger charge is 2.26. The van der Waals surface area contributed by atoms with E-state index in [1.54, 1.807) is 13.2 Å². The molecule has 120 valence electrons. The van der Waals surface area contributed by atoms with Crippen molar-refractivity contribution in [1.82, 2.24) is 0 Å². The zero-order chi connectivity index (χ0) is 16.4. The van der Waals surface area contributed by atoms with Crippen LogP contribution in [0.15, 0.2) is 36.4 Å². The molecule has 1 aliphatic rings. The van der Waals surface area contributed by atoms with Crippen LogP contribution in [0.4, 0.5) is 5.69 Å². The minimum Gasteiger partial charge on any atom is -0.508 e. The van der Waals surface area contributed by atoms with Gasteiger partial charge in [-0.25, -0.2) is 0 Å². The highest BCUT2D eigenvalue weighted by atomic mass is 16.5. The number of aromatic hydroxyl groups is 2. The first kappa shape index (κ1) is 15.0. The molecule has 6 heteroatoms. The van der Waals surface area contributed by atoms with Crippen LogP contribution < -0.4 is 14.8 Å². The van der Waals surface area contributed by atoms with Gasteiger partial charge in [0.15, 0.2) is 0 Å². The minimum absolute atomic E-state index is 0.113. The molecule has 0 unspecified atom stereocenters. The van der Waals surface area contributed by atoms with Gasteiger partial charge in [0.1, 0.15) is 29.6 Å². The third-order valence-corrected chi connectivity index (χ3v) is 3.72. The Bertz CT molecular complexity index is 724. The van der Waals surface area contributed by atoms with E-state index in [1.165, 1.54) is 18.2 Å². The van der Waals surface area contributed by atoms with Gasteiger partial charge in [0.25, 0.3) is 0 Å². The molecule has 0 aromatic heterocycles. The molecule has 0 radical (unpaired) electrons. The van der Waals surface area contributed by atoms with Gasteiger partial charge in [-0.1, -0.05) is 6.07 Å². The molecular formula is C17H17NO5. The third kappa shape index (κ3) is 3.31. The monoisotopic (exact) mass is 315 g/mol. The van der Waals surface area contributed by atoms with Crippen molar-refractivity contribution >= 4 is 11.6 Å². The van der Waals surface area contributed by atoms with Crippen LogP contribution in [-0.2, 0) is 11.2 Å². The van der Waals surface area contributed by atoms with Gasteiger partial charge in [-0.2, -0.15) is 0 Å². The lowest BCUT2D eigenvalue weighted by molar-refractivity contribution is -0.121. The van der Waals surface area contributed by atoms with Crippen LogP contribution in [0.5, 0.6) is 23.0 Å². The van der Waals surface area contributed by atoms with Crippen LogP contribution in [0.1, 0.15) is 5.56 Å². The van der Waals surface area contributed by atoms with Gasteiger partial charge in [0.05, 0.1) is 13.0 Å². The molecule has 6 nitrogen and oxygen atoms in total. The normalized spacial score (nSPS) is 16.1. The fraction of sp³-hybridized carbons (Fsp3) is 0.235. The first-order chi connectivity index (χ1) is 11.0. The highest BCUT2D eigenvalue weighted by Crippen LogP contribution is 2.32. The molecule has 2 aromatic carbocycles. The number of ether oxygens (including phenoxy) is 2. The molecule has 0 saturated carbocycles. The van der Waals surface area contributed by atoms with Crippen molar-refractivity contribution in [2.75, 3.05) is 19.0 Å². The number of methoxy groups -OCH3 is 1. The molecule has 0 bridgehead atoms. The van der Waals surface area contributed by atoms with E-state index in [1.807, 2.05) is 12.1 Å². The second kappa shape index (κ2) is 6.08. The van der Waals surface area contributed by atoms with E-state index in [0.29, 0.717) is 17.9 Å². The average molecular weight is 315 g/mol. The van der Waals surface area contributed by atoms with E-state index in [2.05, 4.69) is 5.32 Å². The molecular weight excluding hydrogens is 298 g/mol. The fourth-order valence-electron chi connectivity index (χ4n) is 2.56. The number of rotatable bonds is 3. The summed E-state index contributed by atoms with van der Waals surface area (Å²) in [6.07, 6.45) is 0.552. The second-order valence-corrected chi connectivity index (χ2v) is 5.41. The number of carbonyl (C=O) groups is 1. The van der Waals surface area contributed by atoms with Crippen molar-refractivity contribution in [3.05, 3.63) is 42.0 Å². The number of carbonyl (C=O) groups excluding carboxylic acids is 1. The van der Waals surface area contributed by atoms with Gasteiger partial charge in [-0.3, -0.25) is 4.79 Å². The zero-order valence-corrected chi connectivity index (χ0v) is 12.6. The van der Waals surface area contributed by atoms with Gasteiger partial charge in [-0.15, -0.1) is 0 Å². The molecule has 0 aliphatic carbocycles. The van der Waals surface area contributed by atoms with Gasteiger partial charge in [0.2, 0.25) is 5.91 Å². The number of hydrogen-bond donors (Lipinski definition) is 3. The summed E-state index contributed by atoms with van der Waals surface area (Å²) in [4.78, 5) is 12.3. The number of hydrogen-bond acceptors (Lipinski definition) is 5. The van der Waals surface area contributed by atoms with Crippen molar-refractivity contribution in [3.8, 4) is 23.0 Å². The van der Waals surface area contributed by atoms with Crippen molar-refractivity contribution in [1.29, 1.82) is 0 Å². The lowest BCUT2D eigenvalue weighted by Gasteiger charge is -2.25. The molecule has 1 amide bonds. The van der Waals surface area contributed by atoms with Crippen molar-refractivity contribution < 1.29 is 24.5 Å². The molecule has 3 rings (SSSR count). The van der Waals surface area contributed by atoms with Crippen molar-refractivity contribution in [2.24, 2.45) is 5.92 Å². The van der Waals surface area contributed by atoms with E-state index < -0.39 is 0 Å². The SMILES string of the molecule is COc1ccc2c(c1)OC[C@@H](C(=O)Nc1cc(O)cc(O)c1)C2. The molecule has 1 aliphatic heterocycles.